The summed E-state index contributed by atoms with van der Waals surface area (Å²) < 4.78 is 24.4. The summed E-state index contributed by atoms with van der Waals surface area (Å²) in [4.78, 5) is 30.6. The molecular weight excluding hydrogens is 469 g/mol. The van der Waals surface area contributed by atoms with Gasteiger partial charge >= 0.3 is 0 Å². The van der Waals surface area contributed by atoms with E-state index in [1.807, 2.05) is 6.92 Å². The third-order valence-electron chi connectivity index (χ3n) is 4.62. The molecule has 1 aromatic carbocycles. The van der Waals surface area contributed by atoms with Crippen LogP contribution in [-0.2, 0) is 7.05 Å². The Bertz CT molecular complexity index is 1400. The number of nitrogens with one attached hydrogen (secondary N) is 2. The van der Waals surface area contributed by atoms with Crippen LogP contribution in [0.3, 0.4) is 0 Å². The summed E-state index contributed by atoms with van der Waals surface area (Å²) in [6, 6.07) is 6.02. The molecule has 3 aromatic heterocycles. The molecule has 9 nitrogen and oxygen atoms in total. The lowest BCUT2D eigenvalue weighted by molar-refractivity contribution is 0.387. The van der Waals surface area contributed by atoms with Gasteiger partial charge in [0, 0.05) is 31.0 Å². The number of methoxy groups -OCH3 is 1. The molecule has 0 aliphatic rings. The fourth-order valence-corrected chi connectivity index (χ4v) is 4.04. The lowest BCUT2D eigenvalue weighted by Crippen LogP contribution is -2.22. The Morgan fingerprint density at radius 2 is 2.03 bits per heavy atom. The standard InChI is InChI=1S/C21H19ClFN7O2S/c1-4-24-21-26-10-15-18(28-21)30(2)20(31)17(27-15)13-8-12(5-6-14(13)23)29-33-16-7-11(22)9-25-19(16)32-3/h5-10,29H,4H2,1-3H3,(H,24,26,28). The molecule has 0 saturated heterocycles. The van der Waals surface area contributed by atoms with E-state index in [1.54, 1.807) is 19.2 Å². The second-order valence-corrected chi connectivity index (χ2v) is 8.10. The highest BCUT2D eigenvalue weighted by molar-refractivity contribution is 8.00. The normalized spacial score (nSPS) is 10.9. The minimum atomic E-state index is -0.582. The molecule has 2 N–H and O–H groups in total. The van der Waals surface area contributed by atoms with Gasteiger partial charge in [-0.25, -0.2) is 19.3 Å². The van der Waals surface area contributed by atoms with E-state index in [0.29, 0.717) is 45.1 Å². The average molecular weight is 488 g/mol. The van der Waals surface area contributed by atoms with Crippen LogP contribution in [0.15, 0.2) is 46.3 Å². The zero-order valence-corrected chi connectivity index (χ0v) is 19.5. The van der Waals surface area contributed by atoms with Crippen molar-refractivity contribution in [3.8, 4) is 17.1 Å². The van der Waals surface area contributed by atoms with Gasteiger partial charge in [-0.1, -0.05) is 11.6 Å². The van der Waals surface area contributed by atoms with Gasteiger partial charge in [0.2, 0.25) is 11.8 Å². The smallest absolute Gasteiger partial charge is 0.278 e. The number of benzene rings is 1. The van der Waals surface area contributed by atoms with Crippen molar-refractivity contribution in [2.45, 2.75) is 11.8 Å². The molecule has 0 bridgehead atoms. The Labute approximate surface area is 197 Å². The van der Waals surface area contributed by atoms with Crippen molar-refractivity contribution < 1.29 is 9.13 Å². The molecule has 0 atom stereocenters. The first-order valence-electron chi connectivity index (χ1n) is 9.81. The van der Waals surface area contributed by atoms with Crippen molar-refractivity contribution >= 4 is 46.3 Å². The van der Waals surface area contributed by atoms with Crippen molar-refractivity contribution in [2.24, 2.45) is 7.05 Å². The van der Waals surface area contributed by atoms with Crippen LogP contribution in [0.25, 0.3) is 22.4 Å². The number of fused-ring (bicyclic) bond motifs is 1. The van der Waals surface area contributed by atoms with E-state index in [-0.39, 0.29) is 11.3 Å². The summed E-state index contributed by atoms with van der Waals surface area (Å²) in [5.41, 5.74) is 0.790. The van der Waals surface area contributed by atoms with Gasteiger partial charge in [-0.05, 0) is 43.1 Å². The van der Waals surface area contributed by atoms with Crippen LogP contribution in [0.5, 0.6) is 5.88 Å². The van der Waals surface area contributed by atoms with E-state index >= 15 is 0 Å². The number of nitrogens with zero attached hydrogens (tertiary/aromatic N) is 5. The molecule has 3 heterocycles. The Morgan fingerprint density at radius 1 is 1.21 bits per heavy atom. The van der Waals surface area contributed by atoms with Crippen LogP contribution in [0.4, 0.5) is 16.0 Å². The summed E-state index contributed by atoms with van der Waals surface area (Å²) in [6.07, 6.45) is 2.98. The van der Waals surface area contributed by atoms with Gasteiger partial charge in [0.15, 0.2) is 5.65 Å². The Morgan fingerprint density at radius 3 is 2.79 bits per heavy atom. The summed E-state index contributed by atoms with van der Waals surface area (Å²) in [6.45, 7) is 2.54. The highest BCUT2D eigenvalue weighted by atomic mass is 35.5. The maximum atomic E-state index is 14.8. The van der Waals surface area contributed by atoms with Crippen LogP contribution in [0.1, 0.15) is 6.92 Å². The van der Waals surface area contributed by atoms with E-state index in [2.05, 4.69) is 30.0 Å². The monoisotopic (exact) mass is 487 g/mol. The second-order valence-electron chi connectivity index (χ2n) is 6.82. The summed E-state index contributed by atoms with van der Waals surface area (Å²) in [5.74, 6) is 0.192. The maximum absolute atomic E-state index is 14.8. The van der Waals surface area contributed by atoms with Crippen molar-refractivity contribution in [3.63, 3.8) is 0 Å². The number of halogens is 2. The molecule has 0 aliphatic carbocycles. The quantitative estimate of drug-likeness (QED) is 0.372. The highest BCUT2D eigenvalue weighted by Gasteiger charge is 2.17. The van der Waals surface area contributed by atoms with Gasteiger partial charge in [0.25, 0.3) is 5.56 Å². The van der Waals surface area contributed by atoms with Crippen LogP contribution in [-0.4, -0.2) is 38.2 Å². The molecule has 0 spiro atoms. The third kappa shape index (κ3) is 4.69. The van der Waals surface area contributed by atoms with Gasteiger partial charge in [0.05, 0.1) is 23.2 Å². The first-order chi connectivity index (χ1) is 15.9. The van der Waals surface area contributed by atoms with Crippen molar-refractivity contribution in [1.82, 2.24) is 24.5 Å². The van der Waals surface area contributed by atoms with E-state index in [4.69, 9.17) is 16.3 Å². The number of rotatable bonds is 7. The van der Waals surface area contributed by atoms with Crippen molar-refractivity contribution in [2.75, 3.05) is 23.7 Å². The van der Waals surface area contributed by atoms with Crippen LogP contribution in [0.2, 0.25) is 5.02 Å². The zero-order valence-electron chi connectivity index (χ0n) is 17.9. The second kappa shape index (κ2) is 9.59. The average Bonchev–Trinajstić information content (AvgIpc) is 2.81. The topological polar surface area (TPSA) is 107 Å². The molecule has 4 aromatic rings. The molecular formula is C21H19ClFN7O2S. The summed E-state index contributed by atoms with van der Waals surface area (Å²) in [5, 5.41) is 3.44. The van der Waals surface area contributed by atoms with Crippen LogP contribution in [0, 0.1) is 5.82 Å². The number of aryl methyl sites for hydroxylation is 1. The van der Waals surface area contributed by atoms with Crippen molar-refractivity contribution in [3.05, 3.63) is 57.9 Å². The Hall–Kier alpha value is -3.44. The molecule has 33 heavy (non-hydrogen) atoms. The van der Waals surface area contributed by atoms with Gasteiger partial charge in [-0.2, -0.15) is 4.98 Å². The first kappa shape index (κ1) is 22.7. The minimum Gasteiger partial charge on any atom is -0.480 e. The van der Waals surface area contributed by atoms with Crippen molar-refractivity contribution in [1.29, 1.82) is 0 Å². The fraction of sp³-hybridized carbons (Fsp3) is 0.190. The van der Waals surface area contributed by atoms with Gasteiger partial charge in [0.1, 0.15) is 17.0 Å². The lowest BCUT2D eigenvalue weighted by atomic mass is 10.1. The number of pyridine rings is 1. The molecule has 0 unspecified atom stereocenters. The lowest BCUT2D eigenvalue weighted by Gasteiger charge is -2.12. The van der Waals surface area contributed by atoms with Gasteiger partial charge < -0.3 is 14.8 Å². The Kier molecular flexibility index (Phi) is 6.61. The number of anilines is 2. The maximum Gasteiger partial charge on any atom is 0.278 e. The molecule has 4 rings (SSSR count). The zero-order chi connectivity index (χ0) is 23.5. The number of ether oxygens (including phenoxy) is 1. The molecule has 0 amide bonds. The van der Waals surface area contributed by atoms with E-state index < -0.39 is 11.4 Å². The predicted octanol–water partition coefficient (Wildman–Crippen LogP) is 4.14. The van der Waals surface area contributed by atoms with E-state index in [9.17, 15) is 9.18 Å². The summed E-state index contributed by atoms with van der Waals surface area (Å²) in [7, 11) is 3.06. The summed E-state index contributed by atoms with van der Waals surface area (Å²) >= 11 is 7.21. The fourth-order valence-electron chi connectivity index (χ4n) is 3.05. The largest absolute Gasteiger partial charge is 0.480 e. The Balaban J connectivity index is 1.71. The first-order valence-corrected chi connectivity index (χ1v) is 11.0. The van der Waals surface area contributed by atoms with Gasteiger partial charge in [-0.3, -0.25) is 9.36 Å². The molecule has 0 aliphatic heterocycles. The van der Waals surface area contributed by atoms with Crippen LogP contribution >= 0.6 is 23.5 Å². The molecule has 0 fully saturated rings. The predicted molar refractivity (Wildman–Crippen MR) is 127 cm³/mol. The number of aromatic nitrogens is 5. The number of hydrogen-bond donors (Lipinski definition) is 2. The molecule has 12 heteroatoms. The van der Waals surface area contributed by atoms with E-state index in [0.717, 1.165) is 0 Å². The van der Waals surface area contributed by atoms with E-state index in [1.165, 1.54) is 48.2 Å². The SMILES string of the molecule is CCNc1ncc2nc(-c3cc(NSc4cc(Cl)cnc4OC)ccc3F)c(=O)n(C)c2n1. The molecule has 0 saturated carbocycles. The molecule has 0 radical (unpaired) electrons. The molecule has 170 valence electrons. The van der Waals surface area contributed by atoms with Gasteiger partial charge in [-0.15, -0.1) is 0 Å². The minimum absolute atomic E-state index is 0.0436. The number of hydrogen-bond acceptors (Lipinski definition) is 9. The van der Waals surface area contributed by atoms with Crippen LogP contribution < -0.4 is 20.3 Å². The third-order valence-corrected chi connectivity index (χ3v) is 5.68. The highest BCUT2D eigenvalue weighted by Crippen LogP contribution is 2.32.